The molecule has 5 nitrogen and oxygen atoms in total. The Morgan fingerprint density at radius 1 is 1.07 bits per heavy atom. The highest BCUT2D eigenvalue weighted by Crippen LogP contribution is 2.36. The quantitative estimate of drug-likeness (QED) is 0.663. The second-order valence-electron chi connectivity index (χ2n) is 6.54. The van der Waals surface area contributed by atoms with Crippen LogP contribution in [0.5, 0.6) is 5.75 Å². The predicted octanol–water partition coefficient (Wildman–Crippen LogP) is 3.94. The lowest BCUT2D eigenvalue weighted by Crippen LogP contribution is -2.44. The molecular formula is C22H19NO4. The summed E-state index contributed by atoms with van der Waals surface area (Å²) in [6.07, 6.45) is -0.582. The maximum absolute atomic E-state index is 12.8. The first-order chi connectivity index (χ1) is 13.1. The molecule has 0 aliphatic carbocycles. The summed E-state index contributed by atoms with van der Waals surface area (Å²) in [5, 5.41) is 2.27. The molecule has 4 rings (SSSR count). The van der Waals surface area contributed by atoms with E-state index in [1.54, 1.807) is 30.0 Å². The molecule has 1 aliphatic heterocycles. The maximum Gasteiger partial charge on any atom is 0.337 e. The number of ether oxygens (including phenoxy) is 2. The molecule has 1 unspecified atom stereocenters. The average molecular weight is 361 g/mol. The summed E-state index contributed by atoms with van der Waals surface area (Å²) in [5.41, 5.74) is 1.96. The molecule has 3 aromatic rings. The molecule has 0 N–H and O–H groups in total. The number of benzene rings is 3. The van der Waals surface area contributed by atoms with Crippen molar-refractivity contribution in [1.29, 1.82) is 0 Å². The third kappa shape index (κ3) is 3.12. The van der Waals surface area contributed by atoms with Crippen LogP contribution in [-0.2, 0) is 16.1 Å². The first-order valence-corrected chi connectivity index (χ1v) is 8.75. The number of nitrogens with zero attached hydrogens (tertiary/aromatic N) is 1. The second-order valence-corrected chi connectivity index (χ2v) is 6.54. The highest BCUT2D eigenvalue weighted by molar-refractivity contribution is 6.01. The highest BCUT2D eigenvalue weighted by Gasteiger charge is 2.32. The predicted molar refractivity (Wildman–Crippen MR) is 103 cm³/mol. The van der Waals surface area contributed by atoms with Crippen LogP contribution in [0.25, 0.3) is 10.8 Å². The maximum atomic E-state index is 12.8. The van der Waals surface area contributed by atoms with Crippen molar-refractivity contribution in [2.24, 2.45) is 0 Å². The summed E-state index contributed by atoms with van der Waals surface area (Å²) in [4.78, 5) is 26.3. The smallest absolute Gasteiger partial charge is 0.337 e. The Morgan fingerprint density at radius 3 is 2.63 bits per heavy atom. The van der Waals surface area contributed by atoms with Crippen LogP contribution < -0.4 is 9.64 Å². The van der Waals surface area contributed by atoms with E-state index >= 15 is 0 Å². The summed E-state index contributed by atoms with van der Waals surface area (Å²) in [6, 6.07) is 19.2. The van der Waals surface area contributed by atoms with Gasteiger partial charge in [0.2, 0.25) is 0 Å². The molecule has 0 aromatic heterocycles. The third-order valence-corrected chi connectivity index (χ3v) is 4.74. The van der Waals surface area contributed by atoms with Crippen LogP contribution in [0.4, 0.5) is 5.69 Å². The molecule has 0 saturated heterocycles. The number of fused-ring (bicyclic) bond motifs is 2. The summed E-state index contributed by atoms with van der Waals surface area (Å²) < 4.78 is 10.5. The minimum atomic E-state index is -0.582. The molecule has 0 bridgehead atoms. The van der Waals surface area contributed by atoms with Crippen LogP contribution in [0, 0.1) is 0 Å². The summed E-state index contributed by atoms with van der Waals surface area (Å²) >= 11 is 0. The molecule has 0 fully saturated rings. The zero-order valence-electron chi connectivity index (χ0n) is 15.1. The molecule has 27 heavy (non-hydrogen) atoms. The van der Waals surface area contributed by atoms with Crippen LogP contribution in [0.1, 0.15) is 22.8 Å². The van der Waals surface area contributed by atoms with Gasteiger partial charge in [0, 0.05) is 0 Å². The van der Waals surface area contributed by atoms with Crippen molar-refractivity contribution < 1.29 is 19.1 Å². The zero-order chi connectivity index (χ0) is 19.0. The molecule has 1 amide bonds. The standard InChI is InChI=1S/C22H19NO4/c1-14-21(24)23(13-15-7-8-16-5-3-4-6-17(16)11-15)19-12-18(22(25)26-2)9-10-20(19)27-14/h3-12,14H,13H2,1-2H3. The fraction of sp³-hybridized carbons (Fsp3) is 0.182. The van der Waals surface area contributed by atoms with Crippen LogP contribution >= 0.6 is 0 Å². The number of carbonyl (C=O) groups excluding carboxylic acids is 2. The first-order valence-electron chi connectivity index (χ1n) is 8.75. The molecule has 136 valence electrons. The molecule has 1 aliphatic rings. The Balaban J connectivity index is 1.74. The van der Waals surface area contributed by atoms with Crippen LogP contribution in [-0.4, -0.2) is 25.1 Å². The number of esters is 1. The molecular weight excluding hydrogens is 342 g/mol. The van der Waals surface area contributed by atoms with Crippen molar-refractivity contribution in [3.8, 4) is 5.75 Å². The Morgan fingerprint density at radius 2 is 1.85 bits per heavy atom. The van der Waals surface area contributed by atoms with E-state index in [0.717, 1.165) is 16.3 Å². The summed E-state index contributed by atoms with van der Waals surface area (Å²) in [6.45, 7) is 2.13. The van der Waals surface area contributed by atoms with Crippen LogP contribution in [0.15, 0.2) is 60.7 Å². The van der Waals surface area contributed by atoms with E-state index in [1.165, 1.54) is 7.11 Å². The number of hydrogen-bond donors (Lipinski definition) is 0. The van der Waals surface area contributed by atoms with Crippen LogP contribution in [0.3, 0.4) is 0 Å². The van der Waals surface area contributed by atoms with Gasteiger partial charge in [-0.3, -0.25) is 4.79 Å². The first kappa shape index (κ1) is 17.1. The van der Waals surface area contributed by atoms with Crippen molar-refractivity contribution >= 4 is 28.3 Å². The van der Waals surface area contributed by atoms with Gasteiger partial charge in [0.05, 0.1) is 24.9 Å². The van der Waals surface area contributed by atoms with Gasteiger partial charge < -0.3 is 14.4 Å². The van der Waals surface area contributed by atoms with Crippen molar-refractivity contribution in [2.75, 3.05) is 12.0 Å². The van der Waals surface area contributed by atoms with E-state index in [-0.39, 0.29) is 5.91 Å². The van der Waals surface area contributed by atoms with Crippen molar-refractivity contribution in [2.45, 2.75) is 19.6 Å². The van der Waals surface area contributed by atoms with Crippen molar-refractivity contribution in [3.05, 3.63) is 71.8 Å². The number of carbonyl (C=O) groups is 2. The van der Waals surface area contributed by atoms with E-state index in [2.05, 4.69) is 12.1 Å². The molecule has 1 atom stereocenters. The summed E-state index contributed by atoms with van der Waals surface area (Å²) in [5.74, 6) is -0.0113. The number of hydrogen-bond acceptors (Lipinski definition) is 4. The van der Waals surface area contributed by atoms with Gasteiger partial charge in [-0.1, -0.05) is 36.4 Å². The molecule has 1 heterocycles. The van der Waals surface area contributed by atoms with Gasteiger partial charge in [0.15, 0.2) is 6.10 Å². The Hall–Kier alpha value is -3.34. The van der Waals surface area contributed by atoms with Crippen molar-refractivity contribution in [1.82, 2.24) is 0 Å². The van der Waals surface area contributed by atoms with Gasteiger partial charge >= 0.3 is 5.97 Å². The zero-order valence-corrected chi connectivity index (χ0v) is 15.1. The molecule has 0 spiro atoms. The van der Waals surface area contributed by atoms with Gasteiger partial charge in [0.1, 0.15) is 5.75 Å². The van der Waals surface area contributed by atoms with E-state index in [9.17, 15) is 9.59 Å². The lowest BCUT2D eigenvalue weighted by Gasteiger charge is -2.33. The van der Waals surface area contributed by atoms with Gasteiger partial charge in [-0.25, -0.2) is 4.79 Å². The van der Waals surface area contributed by atoms with Gasteiger partial charge in [0.25, 0.3) is 5.91 Å². The van der Waals surface area contributed by atoms with Crippen molar-refractivity contribution in [3.63, 3.8) is 0 Å². The Bertz CT molecular complexity index is 1040. The largest absolute Gasteiger partial charge is 0.479 e. The molecule has 3 aromatic carbocycles. The minimum Gasteiger partial charge on any atom is -0.479 e. The number of rotatable bonds is 3. The molecule has 5 heteroatoms. The number of methoxy groups -OCH3 is 1. The number of anilines is 1. The minimum absolute atomic E-state index is 0.141. The van der Waals surface area contributed by atoms with E-state index in [0.29, 0.717) is 23.5 Å². The second kappa shape index (κ2) is 6.76. The average Bonchev–Trinajstić information content (AvgIpc) is 2.70. The van der Waals surface area contributed by atoms with E-state index in [4.69, 9.17) is 9.47 Å². The highest BCUT2D eigenvalue weighted by atomic mass is 16.5. The monoisotopic (exact) mass is 361 g/mol. The number of amides is 1. The lowest BCUT2D eigenvalue weighted by molar-refractivity contribution is -0.125. The SMILES string of the molecule is COC(=O)c1ccc2c(c1)N(Cc1ccc3ccccc3c1)C(=O)C(C)O2. The Labute approximate surface area is 157 Å². The van der Waals surface area contributed by atoms with Gasteiger partial charge in [-0.2, -0.15) is 0 Å². The third-order valence-electron chi connectivity index (χ3n) is 4.74. The fourth-order valence-electron chi connectivity index (χ4n) is 3.33. The normalized spacial score (nSPS) is 16.0. The summed E-state index contributed by atoms with van der Waals surface area (Å²) in [7, 11) is 1.33. The van der Waals surface area contributed by atoms with Crippen LogP contribution in [0.2, 0.25) is 0 Å². The van der Waals surface area contributed by atoms with E-state index < -0.39 is 12.1 Å². The molecule has 0 saturated carbocycles. The van der Waals surface area contributed by atoms with Gasteiger partial charge in [-0.15, -0.1) is 0 Å². The fourth-order valence-corrected chi connectivity index (χ4v) is 3.33. The topological polar surface area (TPSA) is 55.8 Å². The molecule has 0 radical (unpaired) electrons. The van der Waals surface area contributed by atoms with E-state index in [1.807, 2.05) is 30.3 Å². The Kier molecular flexibility index (Phi) is 4.28. The van der Waals surface area contributed by atoms with Gasteiger partial charge in [-0.05, 0) is 47.5 Å². The lowest BCUT2D eigenvalue weighted by atomic mass is 10.1.